The van der Waals surface area contributed by atoms with Crippen LogP contribution in [0.4, 0.5) is 4.39 Å². The Morgan fingerprint density at radius 2 is 2.28 bits per heavy atom. The minimum atomic E-state index is -0.504. The predicted molar refractivity (Wildman–Crippen MR) is 92.2 cm³/mol. The van der Waals surface area contributed by atoms with Gasteiger partial charge in [0.2, 0.25) is 5.95 Å². The summed E-state index contributed by atoms with van der Waals surface area (Å²) < 4.78 is 17.4. The van der Waals surface area contributed by atoms with Crippen LogP contribution in [0.5, 0.6) is 0 Å². The van der Waals surface area contributed by atoms with Gasteiger partial charge in [-0.1, -0.05) is 0 Å². The van der Waals surface area contributed by atoms with Gasteiger partial charge in [-0.25, -0.2) is 9.97 Å². The smallest absolute Gasteiger partial charge is 0.259 e. The van der Waals surface area contributed by atoms with Crippen molar-refractivity contribution in [1.29, 1.82) is 0 Å². The predicted octanol–water partition coefficient (Wildman–Crippen LogP) is 2.12. The first-order chi connectivity index (χ1) is 12.1. The average molecular weight is 358 g/mol. The molecule has 0 spiro atoms. The molecule has 4 rings (SSSR count). The fraction of sp³-hybridized carbons (Fsp3) is 0.250. The minimum absolute atomic E-state index is 0.183. The van der Waals surface area contributed by atoms with Crippen LogP contribution in [0.15, 0.2) is 35.8 Å². The van der Waals surface area contributed by atoms with E-state index in [0.717, 1.165) is 4.88 Å². The van der Waals surface area contributed by atoms with Crippen LogP contribution >= 0.6 is 11.3 Å². The van der Waals surface area contributed by atoms with Crippen LogP contribution in [0.3, 0.4) is 0 Å². The quantitative estimate of drug-likeness (QED) is 0.592. The second-order valence-electron chi connectivity index (χ2n) is 5.78. The van der Waals surface area contributed by atoms with Crippen LogP contribution in [0.2, 0.25) is 0 Å². The molecule has 0 bridgehead atoms. The maximum atomic E-state index is 14.0. The number of hydrogen-bond acceptors (Lipinski definition) is 5. The molecule has 4 aromatic rings. The highest BCUT2D eigenvalue weighted by atomic mass is 32.1. The lowest BCUT2D eigenvalue weighted by Gasteiger charge is -2.01. The SMILES string of the molecule is Cc1cc2c(=O)[nH]c(Cn3cc(CCn4ccnc4)c(F)n3)nc2s1. The van der Waals surface area contributed by atoms with Crippen LogP contribution in [0.1, 0.15) is 16.3 Å². The number of rotatable bonds is 5. The maximum absolute atomic E-state index is 14.0. The normalized spacial score (nSPS) is 11.4. The van der Waals surface area contributed by atoms with Gasteiger partial charge in [-0.3, -0.25) is 9.48 Å². The van der Waals surface area contributed by atoms with Crippen molar-refractivity contribution in [2.45, 2.75) is 26.4 Å². The number of fused-ring (bicyclic) bond motifs is 1. The van der Waals surface area contributed by atoms with Crippen molar-refractivity contribution in [2.75, 3.05) is 0 Å². The topological polar surface area (TPSA) is 81.4 Å². The van der Waals surface area contributed by atoms with Crippen molar-refractivity contribution in [3.63, 3.8) is 0 Å². The fourth-order valence-electron chi connectivity index (χ4n) is 2.68. The minimum Gasteiger partial charge on any atom is -0.337 e. The second-order valence-corrected chi connectivity index (χ2v) is 7.02. The molecule has 7 nitrogen and oxygen atoms in total. The number of nitrogens with one attached hydrogen (secondary N) is 1. The summed E-state index contributed by atoms with van der Waals surface area (Å²) in [7, 11) is 0. The number of nitrogens with zero attached hydrogens (tertiary/aromatic N) is 5. The number of aromatic amines is 1. The molecule has 4 heterocycles. The largest absolute Gasteiger partial charge is 0.337 e. The molecule has 0 saturated heterocycles. The van der Waals surface area contributed by atoms with E-state index in [1.54, 1.807) is 18.7 Å². The van der Waals surface area contributed by atoms with E-state index in [-0.39, 0.29) is 12.1 Å². The highest BCUT2D eigenvalue weighted by Gasteiger charge is 2.11. The summed E-state index contributed by atoms with van der Waals surface area (Å²) in [5.41, 5.74) is 0.335. The van der Waals surface area contributed by atoms with E-state index in [1.807, 2.05) is 23.8 Å². The Morgan fingerprint density at radius 1 is 1.40 bits per heavy atom. The number of imidazole rings is 1. The first-order valence-electron chi connectivity index (χ1n) is 7.75. The third-order valence-electron chi connectivity index (χ3n) is 3.87. The Bertz CT molecular complexity index is 1080. The van der Waals surface area contributed by atoms with E-state index in [0.29, 0.717) is 34.6 Å². The van der Waals surface area contributed by atoms with Gasteiger partial charge in [-0.15, -0.1) is 16.4 Å². The van der Waals surface area contributed by atoms with Crippen molar-refractivity contribution in [3.05, 3.63) is 63.6 Å². The molecule has 0 saturated carbocycles. The molecule has 128 valence electrons. The number of thiophene rings is 1. The zero-order chi connectivity index (χ0) is 17.4. The van der Waals surface area contributed by atoms with Gasteiger partial charge < -0.3 is 9.55 Å². The van der Waals surface area contributed by atoms with Crippen molar-refractivity contribution < 1.29 is 4.39 Å². The molecular weight excluding hydrogens is 343 g/mol. The molecule has 0 atom stereocenters. The van der Waals surface area contributed by atoms with Crippen LogP contribution in [0.25, 0.3) is 10.2 Å². The second kappa shape index (κ2) is 6.25. The molecule has 0 amide bonds. The molecule has 0 fully saturated rings. The Labute approximate surface area is 145 Å². The summed E-state index contributed by atoms with van der Waals surface area (Å²) in [6.45, 7) is 2.77. The van der Waals surface area contributed by atoms with E-state index in [4.69, 9.17) is 0 Å². The fourth-order valence-corrected chi connectivity index (χ4v) is 3.58. The van der Waals surface area contributed by atoms with Gasteiger partial charge in [0.05, 0.1) is 18.3 Å². The Hall–Kier alpha value is -2.81. The molecular formula is C16H15FN6OS. The molecule has 0 aliphatic heterocycles. The van der Waals surface area contributed by atoms with Crippen molar-refractivity contribution in [1.82, 2.24) is 29.3 Å². The van der Waals surface area contributed by atoms with Crippen LogP contribution in [-0.2, 0) is 19.5 Å². The molecule has 0 unspecified atom stereocenters. The van der Waals surface area contributed by atoms with Crippen molar-refractivity contribution in [3.8, 4) is 0 Å². The van der Waals surface area contributed by atoms with Gasteiger partial charge in [0.1, 0.15) is 10.7 Å². The highest BCUT2D eigenvalue weighted by molar-refractivity contribution is 7.18. The van der Waals surface area contributed by atoms with E-state index >= 15 is 0 Å². The van der Waals surface area contributed by atoms with E-state index in [1.165, 1.54) is 16.0 Å². The number of aromatic nitrogens is 6. The number of hydrogen-bond donors (Lipinski definition) is 1. The molecule has 0 aromatic carbocycles. The van der Waals surface area contributed by atoms with Gasteiger partial charge in [0, 0.05) is 35.6 Å². The molecule has 0 aliphatic carbocycles. The van der Waals surface area contributed by atoms with Crippen LogP contribution in [-0.4, -0.2) is 29.3 Å². The van der Waals surface area contributed by atoms with Crippen LogP contribution < -0.4 is 5.56 Å². The average Bonchev–Trinajstić information content (AvgIpc) is 3.26. The van der Waals surface area contributed by atoms with Gasteiger partial charge in [-0.2, -0.15) is 4.39 Å². The lowest BCUT2D eigenvalue weighted by atomic mass is 10.2. The lowest BCUT2D eigenvalue weighted by Crippen LogP contribution is -2.13. The van der Waals surface area contributed by atoms with E-state index < -0.39 is 5.95 Å². The van der Waals surface area contributed by atoms with Gasteiger partial charge in [-0.05, 0) is 19.4 Å². The zero-order valence-electron chi connectivity index (χ0n) is 13.4. The summed E-state index contributed by atoms with van der Waals surface area (Å²) in [6.07, 6.45) is 7.36. The third-order valence-corrected chi connectivity index (χ3v) is 4.82. The number of halogens is 1. The molecule has 9 heteroatoms. The standard InChI is InChI=1S/C16H15FN6OS/c1-10-6-12-15(24)19-13(20-16(12)25-10)8-23-7-11(14(17)21-23)2-4-22-5-3-18-9-22/h3,5-7,9H,2,4,8H2,1H3,(H,19,20,24). The molecule has 0 aliphatic rings. The van der Waals surface area contributed by atoms with Crippen molar-refractivity contribution >= 4 is 21.6 Å². The molecule has 0 radical (unpaired) electrons. The summed E-state index contributed by atoms with van der Waals surface area (Å²) in [4.78, 5) is 25.0. The highest BCUT2D eigenvalue weighted by Crippen LogP contribution is 2.20. The Kier molecular flexibility index (Phi) is 3.92. The monoisotopic (exact) mass is 358 g/mol. The maximum Gasteiger partial charge on any atom is 0.259 e. The van der Waals surface area contributed by atoms with Gasteiger partial charge >= 0.3 is 0 Å². The molecule has 25 heavy (non-hydrogen) atoms. The molecule has 1 N–H and O–H groups in total. The van der Waals surface area contributed by atoms with Gasteiger partial charge in [0.15, 0.2) is 0 Å². The first kappa shape index (κ1) is 15.7. The number of H-pyrrole nitrogens is 1. The number of aryl methyl sites for hydroxylation is 3. The third kappa shape index (κ3) is 3.22. The molecule has 4 aromatic heterocycles. The van der Waals surface area contributed by atoms with Gasteiger partial charge in [0.25, 0.3) is 5.56 Å². The van der Waals surface area contributed by atoms with E-state index in [2.05, 4.69) is 20.1 Å². The zero-order valence-corrected chi connectivity index (χ0v) is 14.3. The summed E-state index contributed by atoms with van der Waals surface area (Å²) in [5.74, 6) is -0.0430. The Balaban J connectivity index is 1.54. The van der Waals surface area contributed by atoms with E-state index in [9.17, 15) is 9.18 Å². The summed E-state index contributed by atoms with van der Waals surface area (Å²) >= 11 is 1.46. The van der Waals surface area contributed by atoms with Crippen LogP contribution in [0, 0.1) is 12.9 Å². The summed E-state index contributed by atoms with van der Waals surface area (Å²) in [5, 5.41) is 4.47. The summed E-state index contributed by atoms with van der Waals surface area (Å²) in [6, 6.07) is 1.82. The van der Waals surface area contributed by atoms with Crippen molar-refractivity contribution in [2.24, 2.45) is 0 Å². The lowest BCUT2D eigenvalue weighted by molar-refractivity contribution is 0.525. The first-order valence-corrected chi connectivity index (χ1v) is 8.57. The Morgan fingerprint density at radius 3 is 3.08 bits per heavy atom.